The number of aromatic nitrogens is 3. The molecule has 0 atom stereocenters. The number of nitrogens with zero attached hydrogens (tertiary/aromatic N) is 3. The summed E-state index contributed by atoms with van der Waals surface area (Å²) in [6, 6.07) is 15.1. The van der Waals surface area contributed by atoms with E-state index in [-0.39, 0.29) is 17.9 Å². The number of rotatable bonds is 10. The molecule has 40 heavy (non-hydrogen) atoms. The van der Waals surface area contributed by atoms with Gasteiger partial charge < -0.3 is 19.5 Å². The lowest BCUT2D eigenvalue weighted by atomic mass is 10.1. The van der Waals surface area contributed by atoms with Gasteiger partial charge in [0.05, 0.1) is 39.1 Å². The molecule has 0 unspecified atom stereocenters. The summed E-state index contributed by atoms with van der Waals surface area (Å²) >= 11 is 7.42. The zero-order valence-electron chi connectivity index (χ0n) is 21.6. The molecule has 3 aromatic carbocycles. The lowest BCUT2D eigenvalue weighted by Gasteiger charge is -2.14. The van der Waals surface area contributed by atoms with E-state index in [1.807, 2.05) is 0 Å². The first-order valence-corrected chi connectivity index (χ1v) is 13.1. The minimum Gasteiger partial charge on any atom is -0.493 e. The van der Waals surface area contributed by atoms with Crippen molar-refractivity contribution in [3.63, 3.8) is 0 Å². The third kappa shape index (κ3) is 6.62. The second-order valence-corrected chi connectivity index (χ2v) is 9.68. The summed E-state index contributed by atoms with van der Waals surface area (Å²) in [6.07, 6.45) is -4.44. The smallest absolute Gasteiger partial charge is 0.416 e. The average Bonchev–Trinajstić information content (AvgIpc) is 3.36. The van der Waals surface area contributed by atoms with Gasteiger partial charge in [-0.15, -0.1) is 10.2 Å². The molecule has 1 amide bonds. The SMILES string of the molecule is COc1cc(C(=O)NCc2nnc(SCc3cccc(C(F)(F)F)c3)n2-c2cccc(Cl)c2)cc(OC)c1OC. The second kappa shape index (κ2) is 12.5. The van der Waals surface area contributed by atoms with Gasteiger partial charge in [0, 0.05) is 16.3 Å². The molecule has 210 valence electrons. The van der Waals surface area contributed by atoms with Crippen LogP contribution in [0.5, 0.6) is 17.2 Å². The van der Waals surface area contributed by atoms with Crippen molar-refractivity contribution in [2.24, 2.45) is 0 Å². The molecule has 0 aliphatic heterocycles. The van der Waals surface area contributed by atoms with Gasteiger partial charge in [0.2, 0.25) is 5.75 Å². The van der Waals surface area contributed by atoms with Gasteiger partial charge in [-0.1, -0.05) is 47.6 Å². The van der Waals surface area contributed by atoms with Gasteiger partial charge in [-0.05, 0) is 42.0 Å². The Morgan fingerprint density at radius 1 is 0.975 bits per heavy atom. The van der Waals surface area contributed by atoms with Crippen molar-refractivity contribution in [3.8, 4) is 22.9 Å². The van der Waals surface area contributed by atoms with E-state index < -0.39 is 17.6 Å². The van der Waals surface area contributed by atoms with Gasteiger partial charge in [0.15, 0.2) is 22.5 Å². The Kier molecular flexibility index (Phi) is 9.10. The van der Waals surface area contributed by atoms with Gasteiger partial charge in [0.25, 0.3) is 5.91 Å². The van der Waals surface area contributed by atoms with Crippen LogP contribution < -0.4 is 19.5 Å². The third-order valence-electron chi connectivity index (χ3n) is 5.72. The molecule has 0 aliphatic rings. The Morgan fingerprint density at radius 2 is 1.68 bits per heavy atom. The van der Waals surface area contributed by atoms with Crippen LogP contribution in [-0.2, 0) is 18.5 Å². The number of carbonyl (C=O) groups is 1. The van der Waals surface area contributed by atoms with Crippen LogP contribution in [0, 0.1) is 0 Å². The summed E-state index contributed by atoms with van der Waals surface area (Å²) in [5.41, 5.74) is 0.637. The molecule has 0 fully saturated rings. The van der Waals surface area contributed by atoms with Crippen LogP contribution in [0.3, 0.4) is 0 Å². The Balaban J connectivity index is 1.59. The number of halogens is 4. The minimum atomic E-state index is -4.44. The van der Waals surface area contributed by atoms with E-state index in [9.17, 15) is 18.0 Å². The van der Waals surface area contributed by atoms with Crippen LogP contribution >= 0.6 is 23.4 Å². The number of amides is 1. The molecule has 0 saturated carbocycles. The fraction of sp³-hybridized carbons (Fsp3) is 0.222. The van der Waals surface area contributed by atoms with Gasteiger partial charge >= 0.3 is 6.18 Å². The zero-order chi connectivity index (χ0) is 28.9. The lowest BCUT2D eigenvalue weighted by Crippen LogP contribution is -2.24. The number of methoxy groups -OCH3 is 3. The van der Waals surface area contributed by atoms with Gasteiger partial charge in [-0.3, -0.25) is 9.36 Å². The summed E-state index contributed by atoms with van der Waals surface area (Å²) in [6.45, 7) is -0.0148. The fourth-order valence-corrected chi connectivity index (χ4v) is 4.94. The molecule has 0 bridgehead atoms. The van der Waals surface area contributed by atoms with Gasteiger partial charge in [-0.25, -0.2) is 0 Å². The van der Waals surface area contributed by atoms with Crippen LogP contribution in [0.2, 0.25) is 5.02 Å². The molecule has 0 saturated heterocycles. The molecular weight excluding hydrogens is 569 g/mol. The Bertz CT molecular complexity index is 1490. The number of ether oxygens (including phenoxy) is 3. The maximum absolute atomic E-state index is 13.2. The van der Waals surface area contributed by atoms with Crippen LogP contribution in [0.4, 0.5) is 13.2 Å². The minimum absolute atomic E-state index is 0.0148. The molecule has 0 aliphatic carbocycles. The van der Waals surface area contributed by atoms with Crippen molar-refractivity contribution in [2.45, 2.75) is 23.6 Å². The molecule has 8 nitrogen and oxygen atoms in total. The van der Waals surface area contributed by atoms with Crippen LogP contribution in [0.1, 0.15) is 27.3 Å². The summed E-state index contributed by atoms with van der Waals surface area (Å²) in [5.74, 6) is 1.16. The van der Waals surface area contributed by atoms with Crippen molar-refractivity contribution in [1.29, 1.82) is 0 Å². The highest BCUT2D eigenvalue weighted by Gasteiger charge is 2.30. The summed E-state index contributed by atoms with van der Waals surface area (Å²) in [5, 5.41) is 12.2. The molecule has 1 aromatic heterocycles. The van der Waals surface area contributed by atoms with Crippen molar-refractivity contribution in [3.05, 3.63) is 88.2 Å². The first kappa shape index (κ1) is 29.1. The molecule has 1 heterocycles. The summed E-state index contributed by atoms with van der Waals surface area (Å²) < 4.78 is 57.1. The van der Waals surface area contributed by atoms with Gasteiger partial charge in [-0.2, -0.15) is 13.2 Å². The van der Waals surface area contributed by atoms with Crippen LogP contribution in [-0.4, -0.2) is 42.0 Å². The number of hydrogen-bond acceptors (Lipinski definition) is 7. The van der Waals surface area contributed by atoms with Crippen molar-refractivity contribution in [1.82, 2.24) is 20.1 Å². The highest BCUT2D eigenvalue weighted by atomic mass is 35.5. The number of alkyl halides is 3. The number of carbonyl (C=O) groups excluding carboxylic acids is 1. The van der Waals surface area contributed by atoms with Crippen LogP contribution in [0.25, 0.3) is 5.69 Å². The molecule has 0 radical (unpaired) electrons. The van der Waals surface area contributed by atoms with Crippen molar-refractivity contribution in [2.75, 3.05) is 21.3 Å². The maximum atomic E-state index is 13.2. The standard InChI is InChI=1S/C27H24ClF3N4O4S/c1-37-21-11-17(12-22(38-2)24(21)39-3)25(36)32-14-23-33-34-26(35(23)20-9-5-8-19(28)13-20)40-15-16-6-4-7-18(10-16)27(29,30)31/h4-13H,14-15H2,1-3H3,(H,32,36). The molecule has 0 spiro atoms. The zero-order valence-corrected chi connectivity index (χ0v) is 23.2. The molecule has 1 N–H and O–H groups in total. The predicted molar refractivity (Wildman–Crippen MR) is 145 cm³/mol. The van der Waals surface area contributed by atoms with E-state index in [0.29, 0.717) is 44.5 Å². The largest absolute Gasteiger partial charge is 0.493 e. The topological polar surface area (TPSA) is 87.5 Å². The summed E-state index contributed by atoms with van der Waals surface area (Å²) in [4.78, 5) is 13.0. The molecule has 4 aromatic rings. The highest BCUT2D eigenvalue weighted by Crippen LogP contribution is 2.38. The van der Waals surface area contributed by atoms with Gasteiger partial charge in [0.1, 0.15) is 0 Å². The highest BCUT2D eigenvalue weighted by molar-refractivity contribution is 7.98. The Morgan fingerprint density at radius 3 is 2.30 bits per heavy atom. The summed E-state index contributed by atoms with van der Waals surface area (Å²) in [7, 11) is 4.36. The predicted octanol–water partition coefficient (Wildman–Crippen LogP) is 6.19. The van der Waals surface area contributed by atoms with E-state index in [1.54, 1.807) is 34.9 Å². The number of nitrogens with one attached hydrogen (secondary N) is 1. The third-order valence-corrected chi connectivity index (χ3v) is 6.96. The van der Waals surface area contributed by atoms with E-state index >= 15 is 0 Å². The molecule has 4 rings (SSSR count). The molecular formula is C27H24ClF3N4O4S. The van der Waals surface area contributed by atoms with Crippen molar-refractivity contribution >= 4 is 29.3 Å². The maximum Gasteiger partial charge on any atom is 0.416 e. The van der Waals surface area contributed by atoms with E-state index in [0.717, 1.165) is 12.1 Å². The number of hydrogen-bond donors (Lipinski definition) is 1. The Labute approximate surface area is 237 Å². The van der Waals surface area contributed by atoms with E-state index in [2.05, 4.69) is 15.5 Å². The van der Waals surface area contributed by atoms with Crippen LogP contribution in [0.15, 0.2) is 65.8 Å². The van der Waals surface area contributed by atoms with Crippen molar-refractivity contribution < 1.29 is 32.2 Å². The number of thioether (sulfide) groups is 1. The first-order chi connectivity index (χ1) is 19.1. The quantitative estimate of drug-likeness (QED) is 0.220. The average molecular weight is 593 g/mol. The van der Waals surface area contributed by atoms with E-state index in [4.69, 9.17) is 25.8 Å². The number of benzene rings is 3. The fourth-order valence-electron chi connectivity index (χ4n) is 3.84. The van der Waals surface area contributed by atoms with E-state index in [1.165, 1.54) is 51.3 Å². The normalized spacial score (nSPS) is 11.3. The lowest BCUT2D eigenvalue weighted by molar-refractivity contribution is -0.137. The second-order valence-electron chi connectivity index (χ2n) is 8.30. The Hall–Kier alpha value is -3.90. The first-order valence-electron chi connectivity index (χ1n) is 11.7. The monoisotopic (exact) mass is 592 g/mol. The molecule has 13 heteroatoms.